The van der Waals surface area contributed by atoms with Gasteiger partial charge in [0.2, 0.25) is 0 Å². The van der Waals surface area contributed by atoms with Crippen molar-refractivity contribution in [1.82, 2.24) is 10.0 Å². The van der Waals surface area contributed by atoms with Gasteiger partial charge in [-0.05, 0) is 75.4 Å². The minimum Gasteiger partial charge on any atom is -0.480 e. The number of hydrogen-bond acceptors (Lipinski definition) is 6. The zero-order valence-electron chi connectivity index (χ0n) is 21.9. The molecule has 4 rings (SSSR count). The molecule has 2 atom stereocenters. The van der Waals surface area contributed by atoms with Crippen LogP contribution >= 0.6 is 22.9 Å². The highest BCUT2D eigenvalue weighted by molar-refractivity contribution is 7.91. The predicted octanol–water partition coefficient (Wildman–Crippen LogP) is 5.82. The molecule has 0 aliphatic heterocycles. The van der Waals surface area contributed by atoms with E-state index in [1.54, 1.807) is 63.2 Å². The van der Waals surface area contributed by atoms with Crippen molar-refractivity contribution in [2.24, 2.45) is 0 Å². The van der Waals surface area contributed by atoms with Gasteiger partial charge in [0.15, 0.2) is 0 Å². The number of nitrogens with one attached hydrogen (secondary N) is 2. The number of ether oxygens (including phenoxy) is 1. The first-order valence-electron chi connectivity index (χ1n) is 12.4. The fourth-order valence-electron chi connectivity index (χ4n) is 4.83. The Morgan fingerprint density at radius 2 is 1.72 bits per heavy atom. The quantitative estimate of drug-likeness (QED) is 0.256. The molecule has 1 fully saturated rings. The number of sulfonamides is 1. The number of alkyl carbamates (subject to hydrolysis) is 1. The number of carboxylic acid groups (broad SMARTS) is 1. The Hall–Kier alpha value is -2.92. The highest BCUT2D eigenvalue weighted by Gasteiger charge is 2.74. The molecular formula is C28H31ClN2O6S2. The van der Waals surface area contributed by atoms with Crippen LogP contribution in [0.3, 0.4) is 0 Å². The van der Waals surface area contributed by atoms with E-state index in [4.69, 9.17) is 16.3 Å². The van der Waals surface area contributed by atoms with E-state index in [1.807, 2.05) is 18.2 Å². The summed E-state index contributed by atoms with van der Waals surface area (Å²) in [4.78, 5) is 25.5. The molecular weight excluding hydrogens is 560 g/mol. The number of hydrogen-bond donors (Lipinski definition) is 3. The fraction of sp³-hybridized carbons (Fsp3) is 0.357. The lowest BCUT2D eigenvalue weighted by atomic mass is 9.86. The van der Waals surface area contributed by atoms with Crippen LogP contribution in [0.1, 0.15) is 45.6 Å². The third-order valence-corrected chi connectivity index (χ3v) is 10.1. The van der Waals surface area contributed by atoms with Gasteiger partial charge in [-0.15, -0.1) is 11.3 Å². The Morgan fingerprint density at radius 1 is 1.05 bits per heavy atom. The summed E-state index contributed by atoms with van der Waals surface area (Å²) in [6.45, 7) is 5.54. The Labute approximate surface area is 237 Å². The van der Waals surface area contributed by atoms with E-state index in [0.29, 0.717) is 17.9 Å². The molecule has 1 aliphatic carbocycles. The Morgan fingerprint density at radius 3 is 2.33 bits per heavy atom. The van der Waals surface area contributed by atoms with Crippen LogP contribution in [0.15, 0.2) is 70.9 Å². The van der Waals surface area contributed by atoms with Crippen molar-refractivity contribution in [1.29, 1.82) is 0 Å². The third-order valence-electron chi connectivity index (χ3n) is 6.68. The number of halogens is 1. The van der Waals surface area contributed by atoms with E-state index in [-0.39, 0.29) is 17.2 Å². The highest BCUT2D eigenvalue weighted by atomic mass is 35.5. The van der Waals surface area contributed by atoms with Gasteiger partial charge in [0.05, 0.1) is 0 Å². The number of benzene rings is 2. The third kappa shape index (κ3) is 6.30. The molecule has 3 aromatic rings. The van der Waals surface area contributed by atoms with E-state index >= 15 is 0 Å². The van der Waals surface area contributed by atoms with Crippen molar-refractivity contribution < 1.29 is 27.9 Å². The summed E-state index contributed by atoms with van der Waals surface area (Å²) in [6.07, 6.45) is 0.277. The predicted molar refractivity (Wildman–Crippen MR) is 152 cm³/mol. The standard InChI is InChI=1S/C28H31ClN2O6S2/c1-26(2,3)37-25(34)30-17-7-16-27(20-8-5-4-6-9-20)18-28(27,24(32)33)31-39(35,36)23-15-14-22(38-23)19-10-12-21(29)13-11-19/h4-6,8-15,31H,7,16-18H2,1-3H3,(H,30,34)(H,32,33). The van der Waals surface area contributed by atoms with E-state index in [0.717, 1.165) is 27.3 Å². The number of aliphatic carboxylic acids is 1. The zero-order chi connectivity index (χ0) is 28.5. The van der Waals surface area contributed by atoms with Crippen LogP contribution in [-0.2, 0) is 25.0 Å². The summed E-state index contributed by atoms with van der Waals surface area (Å²) in [6, 6.07) is 19.2. The van der Waals surface area contributed by atoms with Crippen LogP contribution in [0.2, 0.25) is 5.02 Å². The molecule has 0 saturated heterocycles. The molecule has 2 unspecified atom stereocenters. The van der Waals surface area contributed by atoms with Crippen LogP contribution < -0.4 is 10.0 Å². The number of rotatable bonds is 10. The smallest absolute Gasteiger partial charge is 0.407 e. The van der Waals surface area contributed by atoms with Gasteiger partial charge in [0.25, 0.3) is 10.0 Å². The first-order chi connectivity index (χ1) is 18.3. The highest BCUT2D eigenvalue weighted by Crippen LogP contribution is 2.61. The summed E-state index contributed by atoms with van der Waals surface area (Å²) < 4.78 is 34.8. The average Bonchev–Trinajstić information content (AvgIpc) is 3.23. The van der Waals surface area contributed by atoms with E-state index in [9.17, 15) is 23.1 Å². The Balaban J connectivity index is 1.56. The molecule has 1 saturated carbocycles. The Kier molecular flexibility index (Phi) is 8.14. The van der Waals surface area contributed by atoms with Crippen molar-refractivity contribution >= 4 is 45.0 Å². The van der Waals surface area contributed by atoms with Gasteiger partial charge in [0.1, 0.15) is 15.3 Å². The summed E-state index contributed by atoms with van der Waals surface area (Å²) in [5.74, 6) is -1.25. The molecule has 0 bridgehead atoms. The van der Waals surface area contributed by atoms with E-state index in [1.165, 1.54) is 6.07 Å². The number of thiophene rings is 1. The largest absolute Gasteiger partial charge is 0.480 e. The maximum Gasteiger partial charge on any atom is 0.407 e. The van der Waals surface area contributed by atoms with Gasteiger partial charge in [0, 0.05) is 21.9 Å². The molecule has 11 heteroatoms. The van der Waals surface area contributed by atoms with Crippen molar-refractivity contribution in [2.75, 3.05) is 6.54 Å². The van der Waals surface area contributed by atoms with Crippen LogP contribution in [0.5, 0.6) is 0 Å². The van der Waals surface area contributed by atoms with Crippen LogP contribution in [0.4, 0.5) is 4.79 Å². The SMILES string of the molecule is CC(C)(C)OC(=O)NCCCC1(c2ccccc2)CC1(NS(=O)(=O)c1ccc(-c2ccc(Cl)cc2)s1)C(=O)O. The van der Waals surface area contributed by atoms with Gasteiger partial charge in [-0.1, -0.05) is 54.1 Å². The molecule has 208 valence electrons. The number of carboxylic acids is 1. The Bertz CT molecular complexity index is 1450. The first kappa shape index (κ1) is 29.1. The number of carbonyl (C=O) groups excluding carboxylic acids is 1. The van der Waals surface area contributed by atoms with Crippen molar-refractivity contribution in [3.05, 3.63) is 77.3 Å². The lowest BCUT2D eigenvalue weighted by molar-refractivity contribution is -0.140. The maximum atomic E-state index is 13.5. The van der Waals surface area contributed by atoms with Crippen LogP contribution in [0.25, 0.3) is 10.4 Å². The fourth-order valence-corrected chi connectivity index (χ4v) is 7.69. The van der Waals surface area contributed by atoms with Crippen molar-refractivity contribution in [2.45, 2.75) is 60.8 Å². The summed E-state index contributed by atoms with van der Waals surface area (Å²) in [7, 11) is -4.17. The van der Waals surface area contributed by atoms with Gasteiger partial charge < -0.3 is 15.2 Å². The minimum absolute atomic E-state index is 0.0218. The summed E-state index contributed by atoms with van der Waals surface area (Å²) >= 11 is 7.02. The molecule has 1 aromatic heterocycles. The van der Waals surface area contributed by atoms with E-state index < -0.39 is 38.6 Å². The average molecular weight is 591 g/mol. The summed E-state index contributed by atoms with van der Waals surface area (Å²) in [5, 5.41) is 13.6. The number of amides is 1. The second kappa shape index (κ2) is 10.9. The second-order valence-corrected chi connectivity index (χ2v) is 14.0. The molecule has 39 heavy (non-hydrogen) atoms. The normalized spacial score (nSPS) is 20.8. The summed E-state index contributed by atoms with van der Waals surface area (Å²) in [5.41, 5.74) is -1.83. The molecule has 0 spiro atoms. The van der Waals surface area contributed by atoms with Gasteiger partial charge in [-0.3, -0.25) is 4.79 Å². The molecule has 1 amide bonds. The second-order valence-electron chi connectivity index (χ2n) is 10.6. The van der Waals surface area contributed by atoms with Gasteiger partial charge >= 0.3 is 12.1 Å². The molecule has 1 aliphatic rings. The van der Waals surface area contributed by atoms with Crippen molar-refractivity contribution in [3.8, 4) is 10.4 Å². The monoisotopic (exact) mass is 590 g/mol. The number of carbonyl (C=O) groups is 2. The topological polar surface area (TPSA) is 122 Å². The lowest BCUT2D eigenvalue weighted by Gasteiger charge is -2.25. The maximum absolute atomic E-state index is 13.5. The minimum atomic E-state index is -4.17. The van der Waals surface area contributed by atoms with Crippen LogP contribution in [-0.4, -0.2) is 43.3 Å². The lowest BCUT2D eigenvalue weighted by Crippen LogP contribution is -2.48. The van der Waals surface area contributed by atoms with Gasteiger partial charge in [-0.25, -0.2) is 13.2 Å². The first-order valence-corrected chi connectivity index (χ1v) is 15.1. The molecule has 3 N–H and O–H groups in total. The van der Waals surface area contributed by atoms with Gasteiger partial charge in [-0.2, -0.15) is 4.72 Å². The van der Waals surface area contributed by atoms with Crippen molar-refractivity contribution in [3.63, 3.8) is 0 Å². The molecule has 8 nitrogen and oxygen atoms in total. The molecule has 2 aromatic carbocycles. The molecule has 0 radical (unpaired) electrons. The van der Waals surface area contributed by atoms with E-state index in [2.05, 4.69) is 10.0 Å². The van der Waals surface area contributed by atoms with Crippen LogP contribution in [0, 0.1) is 0 Å². The zero-order valence-corrected chi connectivity index (χ0v) is 24.3. The molecule has 1 heterocycles.